The van der Waals surface area contributed by atoms with E-state index in [0.29, 0.717) is 31.4 Å². The van der Waals surface area contributed by atoms with Gasteiger partial charge in [0.05, 0.1) is 28.4 Å². The molecule has 11 heteroatoms. The molecule has 10 nitrogen and oxygen atoms in total. The van der Waals surface area contributed by atoms with Crippen molar-refractivity contribution in [2.24, 2.45) is 0 Å². The standard InChI is InChI=1S/C17H20N6O4S/c1-26-9-7-22(8-10-27-2)16-14(23(24)25)15(18-11-19-16)21-17-20-12-5-3-4-6-13(12)28-17/h3-6,11H,7-10H2,1-2H3,(H,18,19,20,21). The van der Waals surface area contributed by atoms with Crippen molar-refractivity contribution in [2.45, 2.75) is 0 Å². The summed E-state index contributed by atoms with van der Waals surface area (Å²) in [6, 6.07) is 7.63. The minimum atomic E-state index is -0.488. The number of nitrogens with zero attached hydrogens (tertiary/aromatic N) is 5. The molecule has 0 radical (unpaired) electrons. The predicted octanol–water partition coefficient (Wildman–Crippen LogP) is 2.84. The van der Waals surface area contributed by atoms with Crippen LogP contribution < -0.4 is 10.2 Å². The van der Waals surface area contributed by atoms with Gasteiger partial charge in [0.25, 0.3) is 0 Å². The number of benzene rings is 1. The Labute approximate surface area is 165 Å². The normalized spacial score (nSPS) is 10.9. The second-order valence-electron chi connectivity index (χ2n) is 5.74. The Bertz CT molecular complexity index is 909. The molecular formula is C17H20N6O4S. The van der Waals surface area contributed by atoms with Crippen LogP contribution in [0.2, 0.25) is 0 Å². The lowest BCUT2D eigenvalue weighted by atomic mass is 10.3. The fourth-order valence-electron chi connectivity index (χ4n) is 2.61. The van der Waals surface area contributed by atoms with E-state index in [1.54, 1.807) is 19.1 Å². The number of ether oxygens (including phenoxy) is 2. The van der Waals surface area contributed by atoms with Crippen molar-refractivity contribution in [3.8, 4) is 0 Å². The van der Waals surface area contributed by atoms with E-state index in [9.17, 15) is 10.1 Å². The molecule has 0 spiro atoms. The zero-order valence-corrected chi connectivity index (χ0v) is 16.3. The topological polar surface area (TPSA) is 116 Å². The molecule has 148 valence electrons. The van der Waals surface area contributed by atoms with Gasteiger partial charge in [0.1, 0.15) is 6.33 Å². The smallest absolute Gasteiger partial charge is 0.353 e. The molecular weight excluding hydrogens is 384 g/mol. The molecule has 0 amide bonds. The molecule has 28 heavy (non-hydrogen) atoms. The molecule has 2 aromatic heterocycles. The molecule has 2 heterocycles. The first-order valence-corrected chi connectivity index (χ1v) is 9.30. The monoisotopic (exact) mass is 404 g/mol. The lowest BCUT2D eigenvalue weighted by Crippen LogP contribution is -2.32. The van der Waals surface area contributed by atoms with Gasteiger partial charge in [-0.05, 0) is 12.1 Å². The van der Waals surface area contributed by atoms with Crippen LogP contribution in [0.1, 0.15) is 0 Å². The van der Waals surface area contributed by atoms with Crippen LogP contribution in [0.5, 0.6) is 0 Å². The summed E-state index contributed by atoms with van der Waals surface area (Å²) >= 11 is 1.40. The number of hydrogen-bond donors (Lipinski definition) is 1. The summed E-state index contributed by atoms with van der Waals surface area (Å²) in [4.78, 5) is 25.8. The summed E-state index contributed by atoms with van der Waals surface area (Å²) in [6.45, 7) is 1.65. The van der Waals surface area contributed by atoms with Gasteiger partial charge in [-0.25, -0.2) is 15.0 Å². The average molecular weight is 404 g/mol. The third-order valence-corrected chi connectivity index (χ3v) is 4.89. The van der Waals surface area contributed by atoms with Crippen molar-refractivity contribution in [1.82, 2.24) is 15.0 Å². The van der Waals surface area contributed by atoms with Crippen LogP contribution in [-0.2, 0) is 9.47 Å². The summed E-state index contributed by atoms with van der Waals surface area (Å²) in [6.07, 6.45) is 1.30. The summed E-state index contributed by atoms with van der Waals surface area (Å²) in [5.74, 6) is 0.298. The SMILES string of the molecule is COCCN(CCOC)c1ncnc(Nc2nc3ccccc3s2)c1[N+](=O)[O-]. The van der Waals surface area contributed by atoms with Crippen molar-refractivity contribution in [3.05, 3.63) is 40.7 Å². The number of rotatable bonds is 10. The van der Waals surface area contributed by atoms with Crippen LogP contribution in [-0.4, -0.2) is 60.4 Å². The molecule has 3 rings (SSSR count). The van der Waals surface area contributed by atoms with E-state index < -0.39 is 4.92 Å². The minimum Gasteiger partial charge on any atom is -0.383 e. The lowest BCUT2D eigenvalue weighted by Gasteiger charge is -2.23. The molecule has 0 atom stereocenters. The summed E-state index contributed by atoms with van der Waals surface area (Å²) in [5, 5.41) is 15.3. The van der Waals surface area contributed by atoms with Crippen LogP contribution in [0.15, 0.2) is 30.6 Å². The van der Waals surface area contributed by atoms with E-state index in [4.69, 9.17) is 9.47 Å². The minimum absolute atomic E-state index is 0.0916. The Morgan fingerprint density at radius 3 is 2.54 bits per heavy atom. The van der Waals surface area contributed by atoms with Gasteiger partial charge in [-0.1, -0.05) is 23.5 Å². The van der Waals surface area contributed by atoms with E-state index in [1.165, 1.54) is 17.7 Å². The predicted molar refractivity (Wildman–Crippen MR) is 108 cm³/mol. The molecule has 0 aliphatic rings. The van der Waals surface area contributed by atoms with Gasteiger partial charge in [0, 0.05) is 27.3 Å². The van der Waals surface area contributed by atoms with Crippen LogP contribution in [0, 0.1) is 10.1 Å². The zero-order chi connectivity index (χ0) is 19.9. The third kappa shape index (κ3) is 4.50. The van der Waals surface area contributed by atoms with E-state index in [1.807, 2.05) is 24.3 Å². The quantitative estimate of drug-likeness (QED) is 0.402. The van der Waals surface area contributed by atoms with E-state index >= 15 is 0 Å². The summed E-state index contributed by atoms with van der Waals surface area (Å²) in [7, 11) is 3.14. The van der Waals surface area contributed by atoms with Gasteiger partial charge in [0.15, 0.2) is 5.13 Å². The van der Waals surface area contributed by atoms with Crippen molar-refractivity contribution in [1.29, 1.82) is 0 Å². The summed E-state index contributed by atoms with van der Waals surface area (Å²) < 4.78 is 11.2. The molecule has 0 saturated carbocycles. The highest BCUT2D eigenvalue weighted by atomic mass is 32.1. The Morgan fingerprint density at radius 2 is 1.89 bits per heavy atom. The first-order chi connectivity index (χ1) is 13.6. The number of thiazole rings is 1. The van der Waals surface area contributed by atoms with Gasteiger partial charge in [-0.2, -0.15) is 0 Å². The Hall–Kier alpha value is -2.89. The second kappa shape index (κ2) is 9.35. The van der Waals surface area contributed by atoms with Crippen molar-refractivity contribution < 1.29 is 14.4 Å². The van der Waals surface area contributed by atoms with Crippen molar-refractivity contribution in [2.75, 3.05) is 50.7 Å². The molecule has 0 unspecified atom stereocenters. The molecule has 0 fully saturated rings. The van der Waals surface area contributed by atoms with Crippen LogP contribution >= 0.6 is 11.3 Å². The molecule has 0 saturated heterocycles. The Morgan fingerprint density at radius 1 is 1.18 bits per heavy atom. The van der Waals surface area contributed by atoms with E-state index in [-0.39, 0.29) is 17.3 Å². The van der Waals surface area contributed by atoms with Crippen LogP contribution in [0.3, 0.4) is 0 Å². The molecule has 0 aliphatic heterocycles. The molecule has 0 aliphatic carbocycles. The highest BCUT2D eigenvalue weighted by Gasteiger charge is 2.27. The Balaban J connectivity index is 1.96. The first-order valence-electron chi connectivity index (χ1n) is 8.49. The number of methoxy groups -OCH3 is 2. The fraction of sp³-hybridized carbons (Fsp3) is 0.353. The van der Waals surface area contributed by atoms with Crippen LogP contribution in [0.4, 0.5) is 22.5 Å². The largest absolute Gasteiger partial charge is 0.383 e. The van der Waals surface area contributed by atoms with Crippen molar-refractivity contribution in [3.63, 3.8) is 0 Å². The van der Waals surface area contributed by atoms with Gasteiger partial charge >= 0.3 is 5.69 Å². The van der Waals surface area contributed by atoms with Gasteiger partial charge in [-0.15, -0.1) is 0 Å². The number of anilines is 3. The molecule has 0 bridgehead atoms. The molecule has 1 aromatic carbocycles. The number of aromatic nitrogens is 3. The average Bonchev–Trinajstić information content (AvgIpc) is 3.10. The summed E-state index contributed by atoms with van der Waals surface area (Å²) in [5.41, 5.74) is 0.600. The fourth-order valence-corrected chi connectivity index (χ4v) is 3.48. The number of nitro groups is 1. The van der Waals surface area contributed by atoms with Gasteiger partial charge in [0.2, 0.25) is 11.6 Å². The molecule has 1 N–H and O–H groups in total. The highest BCUT2D eigenvalue weighted by molar-refractivity contribution is 7.22. The van der Waals surface area contributed by atoms with Crippen molar-refractivity contribution >= 4 is 44.0 Å². The number of hydrogen-bond acceptors (Lipinski definition) is 10. The number of nitrogens with one attached hydrogen (secondary N) is 1. The maximum Gasteiger partial charge on any atom is 0.353 e. The van der Waals surface area contributed by atoms with E-state index in [0.717, 1.165) is 10.2 Å². The number of fused-ring (bicyclic) bond motifs is 1. The first kappa shape index (κ1) is 19.9. The van der Waals surface area contributed by atoms with E-state index in [2.05, 4.69) is 20.3 Å². The van der Waals surface area contributed by atoms with Gasteiger partial charge < -0.3 is 19.7 Å². The molecule has 3 aromatic rings. The number of para-hydroxylation sites is 1. The van der Waals surface area contributed by atoms with Gasteiger partial charge in [-0.3, -0.25) is 10.1 Å². The maximum absolute atomic E-state index is 11.8. The Kier molecular flexibility index (Phi) is 6.63. The van der Waals surface area contributed by atoms with Crippen LogP contribution in [0.25, 0.3) is 10.2 Å². The highest BCUT2D eigenvalue weighted by Crippen LogP contribution is 2.35. The second-order valence-corrected chi connectivity index (χ2v) is 6.77. The zero-order valence-electron chi connectivity index (χ0n) is 15.5. The lowest BCUT2D eigenvalue weighted by molar-refractivity contribution is -0.383. The maximum atomic E-state index is 11.8. The third-order valence-electron chi connectivity index (χ3n) is 3.93.